The molecule has 0 radical (unpaired) electrons. The molecule has 21 heavy (non-hydrogen) atoms. The van der Waals surface area contributed by atoms with E-state index in [0.717, 1.165) is 16.7 Å². The normalized spacial score (nSPS) is 11.6. The Hall–Kier alpha value is -2.87. The number of aromatic amines is 1. The molecule has 0 aliphatic heterocycles. The zero-order valence-electron chi connectivity index (χ0n) is 11.5. The van der Waals surface area contributed by atoms with E-state index in [0.29, 0.717) is 0 Å². The lowest BCUT2D eigenvalue weighted by atomic mass is 10.1. The van der Waals surface area contributed by atoms with Crippen LogP contribution >= 0.6 is 0 Å². The predicted octanol–water partition coefficient (Wildman–Crippen LogP) is 4.89. The molecule has 0 saturated heterocycles. The fraction of sp³-hybridized carbons (Fsp3) is 0. The first-order chi connectivity index (χ1) is 10.4. The van der Waals surface area contributed by atoms with Crippen molar-refractivity contribution >= 4 is 34.0 Å². The van der Waals surface area contributed by atoms with Crippen molar-refractivity contribution in [3.8, 4) is 0 Å². The molecule has 2 heterocycles. The van der Waals surface area contributed by atoms with Crippen LogP contribution in [0.5, 0.6) is 0 Å². The van der Waals surface area contributed by atoms with Crippen molar-refractivity contribution in [1.82, 2.24) is 9.97 Å². The van der Waals surface area contributed by atoms with Gasteiger partial charge in [-0.25, -0.2) is 0 Å². The summed E-state index contributed by atoms with van der Waals surface area (Å²) in [5, 5.41) is 2.46. The first-order valence-electron chi connectivity index (χ1n) is 7.00. The number of fused-ring (bicyclic) bond motifs is 3. The van der Waals surface area contributed by atoms with Crippen molar-refractivity contribution in [2.24, 2.45) is 0 Å². The maximum Gasteiger partial charge on any atom is 0.0871 e. The van der Waals surface area contributed by atoms with E-state index in [1.54, 1.807) is 0 Å². The summed E-state index contributed by atoms with van der Waals surface area (Å²) in [6.07, 6.45) is 6.02. The van der Waals surface area contributed by atoms with Gasteiger partial charge in [0.1, 0.15) is 0 Å². The van der Waals surface area contributed by atoms with E-state index in [1.807, 2.05) is 30.5 Å². The number of pyridine rings is 1. The summed E-state index contributed by atoms with van der Waals surface area (Å²) in [7, 11) is 0. The average Bonchev–Trinajstić information content (AvgIpc) is 2.93. The Labute approximate surface area is 122 Å². The smallest absolute Gasteiger partial charge is 0.0871 e. The van der Waals surface area contributed by atoms with E-state index in [4.69, 9.17) is 0 Å². The van der Waals surface area contributed by atoms with Gasteiger partial charge in [0.2, 0.25) is 0 Å². The second-order valence-corrected chi connectivity index (χ2v) is 5.03. The van der Waals surface area contributed by atoms with Crippen molar-refractivity contribution < 1.29 is 0 Å². The number of rotatable bonds is 2. The van der Waals surface area contributed by atoms with Crippen LogP contribution in [0.4, 0.5) is 0 Å². The van der Waals surface area contributed by atoms with Gasteiger partial charge in [-0.05, 0) is 23.8 Å². The molecule has 0 amide bonds. The van der Waals surface area contributed by atoms with Gasteiger partial charge >= 0.3 is 0 Å². The number of H-pyrrole nitrogens is 1. The first kappa shape index (κ1) is 11.9. The number of aromatic nitrogens is 2. The number of hydrogen-bond donors (Lipinski definition) is 1. The Morgan fingerprint density at radius 3 is 2.48 bits per heavy atom. The van der Waals surface area contributed by atoms with Gasteiger partial charge in [0.05, 0.1) is 11.2 Å². The average molecular weight is 270 g/mol. The number of hydrogen-bond acceptors (Lipinski definition) is 1. The monoisotopic (exact) mass is 270 g/mol. The third-order valence-corrected chi connectivity index (χ3v) is 3.69. The van der Waals surface area contributed by atoms with Crippen molar-refractivity contribution in [2.75, 3.05) is 0 Å². The van der Waals surface area contributed by atoms with Crippen LogP contribution in [-0.4, -0.2) is 9.97 Å². The Bertz CT molecular complexity index is 934. The zero-order chi connectivity index (χ0) is 14.1. The van der Waals surface area contributed by atoms with Crippen LogP contribution in [0, 0.1) is 0 Å². The lowest BCUT2D eigenvalue weighted by Gasteiger charge is -1.96. The highest BCUT2D eigenvalue weighted by Gasteiger charge is 2.06. The quantitative estimate of drug-likeness (QED) is 0.552. The molecule has 0 bridgehead atoms. The highest BCUT2D eigenvalue weighted by Crippen LogP contribution is 2.27. The summed E-state index contributed by atoms with van der Waals surface area (Å²) in [5.41, 5.74) is 4.38. The number of para-hydroxylation sites is 1. The molecule has 1 N–H and O–H groups in total. The van der Waals surface area contributed by atoms with E-state index in [-0.39, 0.29) is 0 Å². The van der Waals surface area contributed by atoms with Crippen LogP contribution in [0.2, 0.25) is 0 Å². The molecule has 0 unspecified atom stereocenters. The molecule has 0 fully saturated rings. The molecule has 0 aliphatic carbocycles. The van der Waals surface area contributed by atoms with Crippen molar-refractivity contribution in [3.05, 3.63) is 78.1 Å². The molecule has 2 aromatic carbocycles. The van der Waals surface area contributed by atoms with Crippen molar-refractivity contribution in [3.63, 3.8) is 0 Å². The Balaban J connectivity index is 1.87. The van der Waals surface area contributed by atoms with Crippen LogP contribution in [-0.2, 0) is 0 Å². The highest BCUT2D eigenvalue weighted by atomic mass is 14.8. The molecule has 0 saturated carbocycles. The summed E-state index contributed by atoms with van der Waals surface area (Å²) < 4.78 is 0. The van der Waals surface area contributed by atoms with Gasteiger partial charge in [0.25, 0.3) is 0 Å². The van der Waals surface area contributed by atoms with Gasteiger partial charge < -0.3 is 4.98 Å². The lowest BCUT2D eigenvalue weighted by molar-refractivity contribution is 1.32. The van der Waals surface area contributed by atoms with E-state index >= 15 is 0 Å². The van der Waals surface area contributed by atoms with Crippen LogP contribution in [0.25, 0.3) is 34.0 Å². The number of benzene rings is 2. The molecule has 0 spiro atoms. The summed E-state index contributed by atoms with van der Waals surface area (Å²) in [5.74, 6) is 0. The molecule has 0 aliphatic rings. The van der Waals surface area contributed by atoms with Crippen LogP contribution in [0.3, 0.4) is 0 Å². The van der Waals surface area contributed by atoms with Crippen LogP contribution < -0.4 is 0 Å². The summed E-state index contributed by atoms with van der Waals surface area (Å²) in [4.78, 5) is 7.97. The number of nitrogens with zero attached hydrogens (tertiary/aromatic N) is 1. The van der Waals surface area contributed by atoms with Crippen molar-refractivity contribution in [2.45, 2.75) is 0 Å². The third-order valence-electron chi connectivity index (χ3n) is 3.69. The van der Waals surface area contributed by atoms with E-state index < -0.39 is 0 Å². The number of nitrogens with one attached hydrogen (secondary N) is 1. The minimum absolute atomic E-state index is 0.965. The molecular weight excluding hydrogens is 256 g/mol. The lowest BCUT2D eigenvalue weighted by Crippen LogP contribution is -1.82. The van der Waals surface area contributed by atoms with E-state index in [2.05, 4.69) is 58.5 Å². The Morgan fingerprint density at radius 2 is 1.57 bits per heavy atom. The zero-order valence-corrected chi connectivity index (χ0v) is 11.5. The molecule has 0 atom stereocenters. The standard InChI is InChI=1S/C19H14N2/c1-2-6-14(7-3-1)10-11-18-19-16(12-13-20-18)15-8-4-5-9-17(15)21-19/h1-13,21H/b11-10-. The minimum atomic E-state index is 0.965. The molecule has 100 valence electrons. The molecule has 4 aromatic rings. The molecular formula is C19H14N2. The SMILES string of the molecule is C(=C/c1nccc2c1[nH]c1ccccc12)/c1ccccc1. The van der Waals surface area contributed by atoms with Gasteiger partial charge in [-0.1, -0.05) is 54.6 Å². The van der Waals surface area contributed by atoms with Gasteiger partial charge in [0, 0.05) is 22.5 Å². The third kappa shape index (κ3) is 2.11. The van der Waals surface area contributed by atoms with Gasteiger partial charge in [-0.15, -0.1) is 0 Å². The molecule has 2 heteroatoms. The first-order valence-corrected chi connectivity index (χ1v) is 7.00. The fourth-order valence-corrected chi connectivity index (χ4v) is 2.66. The summed E-state index contributed by atoms with van der Waals surface area (Å²) >= 11 is 0. The van der Waals surface area contributed by atoms with E-state index in [9.17, 15) is 0 Å². The van der Waals surface area contributed by atoms with Gasteiger partial charge in [-0.3, -0.25) is 4.98 Å². The summed E-state index contributed by atoms with van der Waals surface area (Å²) in [6, 6.07) is 20.7. The van der Waals surface area contributed by atoms with E-state index in [1.165, 1.54) is 16.3 Å². The fourth-order valence-electron chi connectivity index (χ4n) is 2.66. The van der Waals surface area contributed by atoms with Crippen LogP contribution in [0.15, 0.2) is 66.9 Å². The predicted molar refractivity (Wildman–Crippen MR) is 89.0 cm³/mol. The highest BCUT2D eigenvalue weighted by molar-refractivity contribution is 6.09. The molecule has 2 aromatic heterocycles. The largest absolute Gasteiger partial charge is 0.353 e. The van der Waals surface area contributed by atoms with Gasteiger partial charge in [0.15, 0.2) is 0 Å². The second-order valence-electron chi connectivity index (χ2n) is 5.03. The van der Waals surface area contributed by atoms with Gasteiger partial charge in [-0.2, -0.15) is 0 Å². The molecule has 4 rings (SSSR count). The Morgan fingerprint density at radius 1 is 0.762 bits per heavy atom. The topological polar surface area (TPSA) is 28.7 Å². The summed E-state index contributed by atoms with van der Waals surface area (Å²) in [6.45, 7) is 0. The second kappa shape index (κ2) is 4.91. The maximum absolute atomic E-state index is 4.50. The minimum Gasteiger partial charge on any atom is -0.353 e. The molecule has 2 nitrogen and oxygen atoms in total. The maximum atomic E-state index is 4.50. The van der Waals surface area contributed by atoms with Crippen LogP contribution in [0.1, 0.15) is 11.3 Å². The Kier molecular flexibility index (Phi) is 2.79. The van der Waals surface area contributed by atoms with Crippen molar-refractivity contribution in [1.29, 1.82) is 0 Å².